The Hall–Kier alpha value is -3.11. The van der Waals surface area contributed by atoms with E-state index in [1.165, 1.54) is 7.11 Å². The molecule has 42 heavy (non-hydrogen) atoms. The zero-order chi connectivity index (χ0) is 29.0. The van der Waals surface area contributed by atoms with E-state index in [0.717, 1.165) is 49.8 Å². The van der Waals surface area contributed by atoms with E-state index in [-0.39, 0.29) is 28.8 Å². The lowest BCUT2D eigenvalue weighted by Crippen LogP contribution is -2.46. The summed E-state index contributed by atoms with van der Waals surface area (Å²) in [5, 5.41) is 10.0. The first-order valence-electron chi connectivity index (χ1n) is 14.0. The third kappa shape index (κ3) is 5.06. The number of nitrogens with zero attached hydrogens (tertiary/aromatic N) is 4. The number of benzene rings is 2. The summed E-state index contributed by atoms with van der Waals surface area (Å²) in [5.74, 6) is 1.63. The zero-order valence-electron chi connectivity index (χ0n) is 22.7. The molecule has 0 amide bonds. The molecule has 3 aliphatic rings. The number of anilines is 1. The molecule has 3 fully saturated rings. The second-order valence-electron chi connectivity index (χ2n) is 11.0. The van der Waals surface area contributed by atoms with Gasteiger partial charge >= 0.3 is 5.97 Å². The van der Waals surface area contributed by atoms with Crippen molar-refractivity contribution in [2.45, 2.75) is 69.2 Å². The first kappa shape index (κ1) is 27.7. The summed E-state index contributed by atoms with van der Waals surface area (Å²) in [6.45, 7) is 0.380. The van der Waals surface area contributed by atoms with Gasteiger partial charge in [-0.2, -0.15) is 4.98 Å². The van der Waals surface area contributed by atoms with Gasteiger partial charge < -0.3 is 23.4 Å². The van der Waals surface area contributed by atoms with Crippen LogP contribution in [0.2, 0.25) is 15.1 Å². The molecule has 4 heterocycles. The summed E-state index contributed by atoms with van der Waals surface area (Å²) < 4.78 is 22.7. The van der Waals surface area contributed by atoms with Gasteiger partial charge in [-0.15, -0.1) is 0 Å². The van der Waals surface area contributed by atoms with E-state index in [1.807, 2.05) is 18.2 Å². The van der Waals surface area contributed by atoms with Gasteiger partial charge in [-0.3, -0.25) is 0 Å². The van der Waals surface area contributed by atoms with Crippen molar-refractivity contribution in [2.24, 2.45) is 0 Å². The van der Waals surface area contributed by atoms with Crippen LogP contribution >= 0.6 is 34.8 Å². The summed E-state index contributed by atoms with van der Waals surface area (Å²) in [5.41, 5.74) is 3.18. The number of piperidine rings is 1. The quantitative estimate of drug-likeness (QED) is 0.181. The fourth-order valence-electron chi connectivity index (χ4n) is 6.20. The smallest absolute Gasteiger partial charge is 0.339 e. The number of carbonyl (C=O) groups is 1. The molecule has 0 unspecified atom stereocenters. The van der Waals surface area contributed by atoms with E-state index in [2.05, 4.69) is 20.2 Å². The minimum absolute atomic E-state index is 0.0614. The lowest BCUT2D eigenvalue weighted by Gasteiger charge is -2.37. The predicted octanol–water partition coefficient (Wildman–Crippen LogP) is 7.73. The van der Waals surface area contributed by atoms with Crippen LogP contribution in [0.4, 0.5) is 5.95 Å². The molecule has 3 atom stereocenters. The largest absolute Gasteiger partial charge is 0.465 e. The number of carbonyl (C=O) groups excluding carboxylic acids is 1. The van der Waals surface area contributed by atoms with Crippen molar-refractivity contribution < 1.29 is 23.3 Å². The summed E-state index contributed by atoms with van der Waals surface area (Å²) in [6, 6.07) is 10.8. The number of hydrogen-bond acceptors (Lipinski definition) is 9. The maximum absolute atomic E-state index is 11.9. The Bertz CT molecular complexity index is 1620. The molecule has 12 heteroatoms. The third-order valence-electron chi connectivity index (χ3n) is 8.39. The van der Waals surface area contributed by atoms with Crippen molar-refractivity contribution in [3.8, 4) is 22.7 Å². The molecule has 2 bridgehead atoms. The summed E-state index contributed by atoms with van der Waals surface area (Å²) in [6.07, 6.45) is 5.94. The Morgan fingerprint density at radius 1 is 0.976 bits per heavy atom. The highest BCUT2D eigenvalue weighted by Gasteiger charge is 2.43. The van der Waals surface area contributed by atoms with Crippen molar-refractivity contribution in [3.63, 3.8) is 0 Å². The Kier molecular flexibility index (Phi) is 7.38. The number of methoxy groups -OCH3 is 1. The van der Waals surface area contributed by atoms with Crippen LogP contribution in [0.25, 0.3) is 22.7 Å². The van der Waals surface area contributed by atoms with Gasteiger partial charge in [-0.05, 0) is 74.0 Å². The van der Waals surface area contributed by atoms with Gasteiger partial charge in [-0.25, -0.2) is 4.79 Å². The molecule has 0 radical (unpaired) electrons. The number of aromatic nitrogens is 3. The van der Waals surface area contributed by atoms with Crippen molar-refractivity contribution in [3.05, 3.63) is 68.4 Å². The topological polar surface area (TPSA) is 104 Å². The Morgan fingerprint density at radius 3 is 2.38 bits per heavy atom. The Morgan fingerprint density at radius 2 is 1.71 bits per heavy atom. The van der Waals surface area contributed by atoms with Gasteiger partial charge in [0.25, 0.3) is 11.8 Å². The van der Waals surface area contributed by atoms with E-state index >= 15 is 0 Å². The van der Waals surface area contributed by atoms with Gasteiger partial charge in [0.2, 0.25) is 0 Å². The van der Waals surface area contributed by atoms with Gasteiger partial charge in [0.05, 0.1) is 40.5 Å². The molecule has 9 nitrogen and oxygen atoms in total. The number of rotatable bonds is 8. The van der Waals surface area contributed by atoms with Crippen LogP contribution in [0.15, 0.2) is 45.4 Å². The van der Waals surface area contributed by atoms with Crippen LogP contribution in [0.1, 0.15) is 66.1 Å². The third-order valence-corrected chi connectivity index (χ3v) is 9.33. The highest BCUT2D eigenvalue weighted by Crippen LogP contribution is 2.47. The standard InChI is InChI=1S/C30H27Cl3N4O5/c1-39-29(38)20-10-7-16(11-24(20)33)28-34-30(36-42-28)37-17-8-9-18(37)13-19(12-17)40-14-21-26(35-41-27(21)15-5-6-15)25-22(31)3-2-4-23(25)32/h2-4,7,10-11,15,17-19H,5-6,8-9,12-14H2,1H3/t17-,18+,19+. The number of hydrogen-bond donors (Lipinski definition) is 0. The normalized spacial score (nSPS) is 21.6. The average molecular weight is 630 g/mol. The molecular weight excluding hydrogens is 603 g/mol. The van der Waals surface area contributed by atoms with Gasteiger partial charge in [0.1, 0.15) is 11.5 Å². The van der Waals surface area contributed by atoms with E-state index in [1.54, 1.807) is 18.2 Å². The molecule has 2 aromatic carbocycles. The maximum Gasteiger partial charge on any atom is 0.339 e. The van der Waals surface area contributed by atoms with Crippen LogP contribution in [-0.4, -0.2) is 46.6 Å². The van der Waals surface area contributed by atoms with Crippen molar-refractivity contribution in [1.29, 1.82) is 0 Å². The van der Waals surface area contributed by atoms with Crippen molar-refractivity contribution in [2.75, 3.05) is 12.0 Å². The minimum Gasteiger partial charge on any atom is -0.465 e. The molecule has 2 saturated heterocycles. The summed E-state index contributed by atoms with van der Waals surface area (Å²) in [4.78, 5) is 18.8. The highest BCUT2D eigenvalue weighted by atomic mass is 35.5. The number of fused-ring (bicyclic) bond motifs is 2. The molecule has 2 aromatic heterocycles. The van der Waals surface area contributed by atoms with Crippen molar-refractivity contribution >= 4 is 46.7 Å². The van der Waals surface area contributed by atoms with E-state index in [4.69, 9.17) is 53.3 Å². The zero-order valence-corrected chi connectivity index (χ0v) is 25.0. The van der Waals surface area contributed by atoms with E-state index in [9.17, 15) is 4.79 Å². The first-order chi connectivity index (χ1) is 20.4. The van der Waals surface area contributed by atoms with Crippen molar-refractivity contribution in [1.82, 2.24) is 15.3 Å². The van der Waals surface area contributed by atoms with Crippen LogP contribution in [-0.2, 0) is 16.1 Å². The lowest BCUT2D eigenvalue weighted by molar-refractivity contribution is 0.0144. The molecule has 4 aromatic rings. The molecule has 0 spiro atoms. The van der Waals surface area contributed by atoms with Gasteiger partial charge in [-0.1, -0.05) is 46.0 Å². The maximum atomic E-state index is 11.9. The van der Waals surface area contributed by atoms with Gasteiger partial charge in [0, 0.05) is 34.7 Å². The lowest BCUT2D eigenvalue weighted by atomic mass is 9.99. The molecule has 2 aliphatic heterocycles. The number of halogens is 3. The Balaban J connectivity index is 1.06. The van der Waals surface area contributed by atoms with Crippen LogP contribution in [0.5, 0.6) is 0 Å². The highest BCUT2D eigenvalue weighted by molar-refractivity contribution is 6.39. The summed E-state index contributed by atoms with van der Waals surface area (Å²) in [7, 11) is 1.31. The predicted molar refractivity (Wildman–Crippen MR) is 157 cm³/mol. The molecule has 1 saturated carbocycles. The summed E-state index contributed by atoms with van der Waals surface area (Å²) >= 11 is 19.4. The fourth-order valence-corrected chi connectivity index (χ4v) is 7.03. The molecule has 1 aliphatic carbocycles. The second kappa shape index (κ2) is 11.2. The fraction of sp³-hybridized carbons (Fsp3) is 0.400. The van der Waals surface area contributed by atoms with Crippen LogP contribution in [0.3, 0.4) is 0 Å². The second-order valence-corrected chi connectivity index (χ2v) is 12.2. The first-order valence-corrected chi connectivity index (χ1v) is 15.1. The van der Waals surface area contributed by atoms with Crippen LogP contribution < -0.4 is 4.90 Å². The van der Waals surface area contributed by atoms with E-state index < -0.39 is 5.97 Å². The molecule has 0 N–H and O–H groups in total. The number of esters is 1. The SMILES string of the molecule is COC(=O)c1ccc(-c2nc(N3[C@@H]4CC[C@H]3C[C@@H](OCc3c(-c5c(Cl)cccc5Cl)noc3C3CC3)C4)no2)cc1Cl. The monoisotopic (exact) mass is 628 g/mol. The molecular formula is C30H27Cl3N4O5. The average Bonchev–Trinajstić information content (AvgIpc) is 3.45. The number of ether oxygens (including phenoxy) is 2. The van der Waals surface area contributed by atoms with Gasteiger partial charge in [0.15, 0.2) is 0 Å². The van der Waals surface area contributed by atoms with E-state index in [0.29, 0.717) is 51.2 Å². The van der Waals surface area contributed by atoms with Crippen LogP contribution in [0, 0.1) is 0 Å². The minimum atomic E-state index is -0.504. The molecule has 218 valence electrons. The molecule has 7 rings (SSSR count). The Labute approximate surface area is 257 Å².